The summed E-state index contributed by atoms with van der Waals surface area (Å²) in [6.07, 6.45) is -4.23. The minimum atomic E-state index is -1.31. The maximum atomic E-state index is 9.64. The van der Waals surface area contributed by atoms with Gasteiger partial charge in [0, 0.05) is 0 Å². The average Bonchev–Trinajstić information content (AvgIpc) is 2.29. The van der Waals surface area contributed by atoms with Gasteiger partial charge >= 0.3 is 99.2 Å². The van der Waals surface area contributed by atoms with Gasteiger partial charge in [0.2, 0.25) is 0 Å². The van der Waals surface area contributed by atoms with Crippen molar-refractivity contribution in [2.24, 2.45) is 0 Å². The van der Waals surface area contributed by atoms with Crippen molar-refractivity contribution in [1.82, 2.24) is 0 Å². The number of hydrogen-bond donors (Lipinski definition) is 4. The molecule has 0 saturated carbocycles. The number of nitriles is 1. The van der Waals surface area contributed by atoms with Crippen LogP contribution < -0.4 is 0 Å². The molecule has 1 aliphatic heterocycles. The summed E-state index contributed by atoms with van der Waals surface area (Å²) in [5.74, 6) is 0. The molecular formula is C9H15NO5Se. The molecule has 1 fully saturated rings. The summed E-state index contributed by atoms with van der Waals surface area (Å²) in [5.41, 5.74) is 0. The molecule has 0 aromatic rings. The zero-order valence-electron chi connectivity index (χ0n) is 8.56. The predicted molar refractivity (Wildman–Crippen MR) is 54.6 cm³/mol. The number of hydrogen-bond acceptors (Lipinski definition) is 6. The van der Waals surface area contributed by atoms with Gasteiger partial charge in [-0.2, -0.15) is 0 Å². The van der Waals surface area contributed by atoms with E-state index < -0.39 is 36.0 Å². The van der Waals surface area contributed by atoms with Crippen LogP contribution in [0.1, 0.15) is 6.42 Å². The Morgan fingerprint density at radius 1 is 1.19 bits per heavy atom. The summed E-state index contributed by atoms with van der Waals surface area (Å²) >= 11 is -0.163. The van der Waals surface area contributed by atoms with Crippen LogP contribution in [0.25, 0.3) is 0 Å². The van der Waals surface area contributed by atoms with E-state index in [1.165, 1.54) is 0 Å². The summed E-state index contributed by atoms with van der Waals surface area (Å²) in [6.45, 7) is -0.407. The molecule has 0 aromatic carbocycles. The molecule has 5 unspecified atom stereocenters. The van der Waals surface area contributed by atoms with Crippen LogP contribution in [0.2, 0.25) is 5.32 Å². The first-order valence-electron chi connectivity index (χ1n) is 4.91. The van der Waals surface area contributed by atoms with Crippen LogP contribution in [-0.4, -0.2) is 71.4 Å². The van der Waals surface area contributed by atoms with Gasteiger partial charge in [-0.05, 0) is 0 Å². The van der Waals surface area contributed by atoms with Crippen molar-refractivity contribution in [3.05, 3.63) is 0 Å². The number of ether oxygens (including phenoxy) is 1. The third-order valence-corrected chi connectivity index (χ3v) is 4.77. The standard InChI is InChI=1S/C9H15NO5Se/c10-2-1-3-16-9-8(14)7(13)6(12)5(4-11)15-9/h5-9,11-14H,1,3-4H2. The van der Waals surface area contributed by atoms with Gasteiger partial charge in [0.15, 0.2) is 0 Å². The Labute approximate surface area is 99.6 Å². The van der Waals surface area contributed by atoms with E-state index in [9.17, 15) is 15.3 Å². The fourth-order valence-corrected chi connectivity index (χ4v) is 3.57. The Kier molecular flexibility index (Phi) is 5.65. The average molecular weight is 296 g/mol. The molecule has 0 amide bonds. The number of nitrogens with zero attached hydrogens (tertiary/aromatic N) is 1. The molecule has 4 N–H and O–H groups in total. The topological polar surface area (TPSA) is 114 Å². The third-order valence-electron chi connectivity index (χ3n) is 2.34. The second-order valence-corrected chi connectivity index (χ2v) is 6.01. The van der Waals surface area contributed by atoms with Crippen LogP contribution in [0.3, 0.4) is 0 Å². The molecule has 1 aliphatic rings. The molecule has 7 heteroatoms. The van der Waals surface area contributed by atoms with E-state index in [4.69, 9.17) is 15.1 Å². The molecule has 1 heterocycles. The van der Waals surface area contributed by atoms with E-state index in [1.54, 1.807) is 0 Å². The molecule has 5 atom stereocenters. The van der Waals surface area contributed by atoms with Crippen molar-refractivity contribution in [3.63, 3.8) is 0 Å². The van der Waals surface area contributed by atoms with Crippen LogP contribution in [0.4, 0.5) is 0 Å². The van der Waals surface area contributed by atoms with Crippen LogP contribution >= 0.6 is 0 Å². The van der Waals surface area contributed by atoms with Gasteiger partial charge in [-0.15, -0.1) is 0 Å². The molecule has 6 nitrogen and oxygen atoms in total. The second kappa shape index (κ2) is 6.52. The molecule has 92 valence electrons. The summed E-state index contributed by atoms with van der Waals surface area (Å²) in [4.78, 5) is 0. The molecule has 0 spiro atoms. The zero-order valence-corrected chi connectivity index (χ0v) is 10.3. The van der Waals surface area contributed by atoms with E-state index >= 15 is 0 Å². The van der Waals surface area contributed by atoms with E-state index in [2.05, 4.69) is 0 Å². The van der Waals surface area contributed by atoms with Crippen molar-refractivity contribution in [2.75, 3.05) is 6.61 Å². The van der Waals surface area contributed by atoms with Gasteiger partial charge in [0.25, 0.3) is 0 Å². The Bertz CT molecular complexity index is 257. The van der Waals surface area contributed by atoms with Gasteiger partial charge in [-0.25, -0.2) is 0 Å². The zero-order chi connectivity index (χ0) is 12.1. The number of rotatable bonds is 4. The first-order valence-corrected chi connectivity index (χ1v) is 7.11. The molecule has 16 heavy (non-hydrogen) atoms. The van der Waals surface area contributed by atoms with Crippen molar-refractivity contribution >= 4 is 15.0 Å². The van der Waals surface area contributed by atoms with E-state index in [1.807, 2.05) is 6.07 Å². The van der Waals surface area contributed by atoms with Crippen LogP contribution in [0.5, 0.6) is 0 Å². The fourth-order valence-electron chi connectivity index (χ4n) is 1.43. The Morgan fingerprint density at radius 2 is 1.88 bits per heavy atom. The summed E-state index contributed by atoms with van der Waals surface area (Å²) in [7, 11) is 0. The second-order valence-electron chi connectivity index (χ2n) is 3.48. The quantitative estimate of drug-likeness (QED) is 0.346. The van der Waals surface area contributed by atoms with Crippen LogP contribution in [0.15, 0.2) is 0 Å². The first kappa shape index (κ1) is 13.9. The Morgan fingerprint density at radius 3 is 2.44 bits per heavy atom. The normalized spacial score (nSPS) is 39.3. The van der Waals surface area contributed by atoms with Gasteiger partial charge in [0.05, 0.1) is 0 Å². The van der Waals surface area contributed by atoms with E-state index in [0.29, 0.717) is 11.7 Å². The van der Waals surface area contributed by atoms with Crippen molar-refractivity contribution in [2.45, 2.75) is 41.2 Å². The van der Waals surface area contributed by atoms with Crippen molar-refractivity contribution in [1.29, 1.82) is 5.26 Å². The molecule has 0 radical (unpaired) electrons. The van der Waals surface area contributed by atoms with Gasteiger partial charge in [-0.1, -0.05) is 0 Å². The van der Waals surface area contributed by atoms with Crippen molar-refractivity contribution in [3.8, 4) is 6.07 Å². The van der Waals surface area contributed by atoms with Crippen molar-refractivity contribution < 1.29 is 25.2 Å². The predicted octanol–water partition coefficient (Wildman–Crippen LogP) is -2.18. The Hall–Kier alpha value is -0.191. The molecule has 0 bridgehead atoms. The fraction of sp³-hybridized carbons (Fsp3) is 0.889. The molecular weight excluding hydrogens is 281 g/mol. The van der Waals surface area contributed by atoms with Gasteiger partial charge in [0.1, 0.15) is 0 Å². The minimum absolute atomic E-state index is 0.163. The number of aliphatic hydroxyl groups is 4. The molecule has 1 saturated heterocycles. The third kappa shape index (κ3) is 3.15. The Balaban J connectivity index is 2.54. The maximum absolute atomic E-state index is 9.64. The molecule has 1 rings (SSSR count). The van der Waals surface area contributed by atoms with Gasteiger partial charge < -0.3 is 0 Å². The molecule has 0 aliphatic carbocycles. The van der Waals surface area contributed by atoms with Gasteiger partial charge in [-0.3, -0.25) is 0 Å². The van der Waals surface area contributed by atoms with E-state index in [0.717, 1.165) is 0 Å². The SMILES string of the molecule is N#CCC[Se]C1OC(CO)C(O)C(O)C1O. The molecule has 0 aromatic heterocycles. The number of aliphatic hydroxyl groups excluding tert-OH is 4. The summed E-state index contributed by atoms with van der Waals surface area (Å²) in [6, 6.07) is 1.98. The van der Waals surface area contributed by atoms with Crippen LogP contribution in [0, 0.1) is 11.3 Å². The summed E-state index contributed by atoms with van der Waals surface area (Å²) < 4.78 is 5.29. The first-order chi connectivity index (χ1) is 7.61. The van der Waals surface area contributed by atoms with Crippen LogP contribution in [-0.2, 0) is 4.74 Å². The van der Waals surface area contributed by atoms with E-state index in [-0.39, 0.29) is 15.0 Å². The monoisotopic (exact) mass is 297 g/mol. The summed E-state index contributed by atoms with van der Waals surface area (Å²) in [5, 5.41) is 46.0.